The molecule has 1 heterocycles. The predicted molar refractivity (Wildman–Crippen MR) is 84.7 cm³/mol. The third-order valence-electron chi connectivity index (χ3n) is 3.62. The van der Waals surface area contributed by atoms with E-state index in [2.05, 4.69) is 17.3 Å². The molecule has 1 unspecified atom stereocenters. The number of benzene rings is 1. The van der Waals surface area contributed by atoms with Crippen molar-refractivity contribution in [2.75, 3.05) is 5.32 Å². The summed E-state index contributed by atoms with van der Waals surface area (Å²) in [5.74, 6) is -0.529. The van der Waals surface area contributed by atoms with Gasteiger partial charge in [-0.15, -0.1) is 0 Å². The van der Waals surface area contributed by atoms with Crippen molar-refractivity contribution in [1.82, 2.24) is 9.78 Å². The van der Waals surface area contributed by atoms with Crippen molar-refractivity contribution in [1.29, 1.82) is 0 Å². The number of nitrogens with zero attached hydrogens (tertiary/aromatic N) is 2. The molecule has 6 heteroatoms. The van der Waals surface area contributed by atoms with Crippen LogP contribution in [0.3, 0.4) is 0 Å². The Kier molecular flexibility index (Phi) is 4.23. The number of nitrogens with two attached hydrogens (primary N) is 1. The van der Waals surface area contributed by atoms with E-state index in [0.717, 1.165) is 22.6 Å². The first-order chi connectivity index (χ1) is 9.81. The summed E-state index contributed by atoms with van der Waals surface area (Å²) in [6, 6.07) is 5.21. The third kappa shape index (κ3) is 3.03. The summed E-state index contributed by atoms with van der Waals surface area (Å²) in [6.07, 6.45) is 0. The molecule has 0 saturated heterocycles. The molecule has 0 fully saturated rings. The lowest BCUT2D eigenvalue weighted by atomic mass is 10.1. The summed E-state index contributed by atoms with van der Waals surface area (Å²) in [7, 11) is 1.93. The Morgan fingerprint density at radius 1 is 1.43 bits per heavy atom. The minimum absolute atomic E-state index is 0.0780. The number of aromatic nitrogens is 2. The normalized spacial score (nSPS) is 12.2. The Morgan fingerprint density at radius 3 is 2.57 bits per heavy atom. The van der Waals surface area contributed by atoms with Crippen LogP contribution in [-0.2, 0) is 7.05 Å². The number of carbonyl (C=O) groups is 1. The van der Waals surface area contributed by atoms with E-state index in [1.807, 2.05) is 25.6 Å². The van der Waals surface area contributed by atoms with E-state index in [4.69, 9.17) is 17.3 Å². The van der Waals surface area contributed by atoms with E-state index in [1.54, 1.807) is 18.2 Å². The minimum atomic E-state index is -0.529. The first kappa shape index (κ1) is 15.4. The fourth-order valence-electron chi connectivity index (χ4n) is 2.54. The number of hydrogen-bond donors (Lipinski definition) is 2. The van der Waals surface area contributed by atoms with Crippen LogP contribution in [0, 0.1) is 13.8 Å². The van der Waals surface area contributed by atoms with Crippen LogP contribution in [0.5, 0.6) is 0 Å². The Morgan fingerprint density at radius 2 is 2.10 bits per heavy atom. The van der Waals surface area contributed by atoms with Crippen LogP contribution >= 0.6 is 11.6 Å². The van der Waals surface area contributed by atoms with Crippen molar-refractivity contribution < 1.29 is 4.79 Å². The Hall–Kier alpha value is -2.01. The van der Waals surface area contributed by atoms with Gasteiger partial charge in [0.05, 0.1) is 22.3 Å². The summed E-state index contributed by atoms with van der Waals surface area (Å²) in [5, 5.41) is 8.13. The van der Waals surface area contributed by atoms with E-state index >= 15 is 0 Å². The molecule has 1 aromatic heterocycles. The van der Waals surface area contributed by atoms with E-state index in [-0.39, 0.29) is 6.04 Å². The molecule has 0 radical (unpaired) electrons. The van der Waals surface area contributed by atoms with Gasteiger partial charge >= 0.3 is 0 Å². The Balaban J connectivity index is 2.25. The van der Waals surface area contributed by atoms with Gasteiger partial charge in [-0.3, -0.25) is 9.48 Å². The summed E-state index contributed by atoms with van der Waals surface area (Å²) in [6.45, 7) is 6.09. The van der Waals surface area contributed by atoms with Crippen LogP contribution in [0.1, 0.15) is 40.3 Å². The third-order valence-corrected chi connectivity index (χ3v) is 3.93. The zero-order chi connectivity index (χ0) is 15.7. The van der Waals surface area contributed by atoms with Crippen molar-refractivity contribution >= 4 is 23.2 Å². The first-order valence-corrected chi connectivity index (χ1v) is 7.05. The van der Waals surface area contributed by atoms with Crippen molar-refractivity contribution in [3.63, 3.8) is 0 Å². The van der Waals surface area contributed by atoms with E-state index in [0.29, 0.717) is 10.6 Å². The second-order valence-corrected chi connectivity index (χ2v) is 5.54. The summed E-state index contributed by atoms with van der Waals surface area (Å²) >= 11 is 6.06. The summed E-state index contributed by atoms with van der Waals surface area (Å²) in [4.78, 5) is 11.2. The smallest absolute Gasteiger partial charge is 0.250 e. The summed E-state index contributed by atoms with van der Waals surface area (Å²) < 4.78 is 1.87. The summed E-state index contributed by atoms with van der Waals surface area (Å²) in [5.41, 5.74) is 9.67. The molecule has 0 saturated carbocycles. The average molecular weight is 307 g/mol. The number of primary amides is 1. The molecule has 2 rings (SSSR count). The molecule has 0 aliphatic heterocycles. The predicted octanol–water partition coefficient (Wildman–Crippen LogP) is 2.96. The molecule has 21 heavy (non-hydrogen) atoms. The zero-order valence-electron chi connectivity index (χ0n) is 12.6. The van der Waals surface area contributed by atoms with Crippen LogP contribution < -0.4 is 11.1 Å². The number of carbonyl (C=O) groups excluding carboxylic acids is 1. The van der Waals surface area contributed by atoms with Crippen LogP contribution in [0.2, 0.25) is 5.02 Å². The number of rotatable bonds is 4. The molecule has 1 amide bonds. The van der Waals surface area contributed by atoms with Gasteiger partial charge in [-0.25, -0.2) is 0 Å². The second-order valence-electron chi connectivity index (χ2n) is 5.13. The van der Waals surface area contributed by atoms with Crippen LogP contribution in [0.25, 0.3) is 0 Å². The number of hydrogen-bond acceptors (Lipinski definition) is 3. The molecule has 0 bridgehead atoms. The maximum absolute atomic E-state index is 11.2. The number of amides is 1. The second kappa shape index (κ2) is 5.77. The van der Waals surface area contributed by atoms with Crippen LogP contribution in [-0.4, -0.2) is 15.7 Å². The highest BCUT2D eigenvalue weighted by Crippen LogP contribution is 2.27. The largest absolute Gasteiger partial charge is 0.378 e. The number of nitrogens with one attached hydrogen (secondary N) is 1. The molecule has 112 valence electrons. The van der Waals surface area contributed by atoms with Gasteiger partial charge in [0, 0.05) is 24.0 Å². The number of halogens is 1. The molecule has 0 aliphatic rings. The fourth-order valence-corrected chi connectivity index (χ4v) is 2.82. The number of aryl methyl sites for hydroxylation is 2. The van der Waals surface area contributed by atoms with Crippen molar-refractivity contribution in [3.8, 4) is 0 Å². The fraction of sp³-hybridized carbons (Fsp3) is 0.333. The van der Waals surface area contributed by atoms with E-state index in [1.165, 1.54) is 0 Å². The molecular weight excluding hydrogens is 288 g/mol. The highest BCUT2D eigenvalue weighted by Gasteiger charge is 2.16. The van der Waals surface area contributed by atoms with Gasteiger partial charge < -0.3 is 11.1 Å². The van der Waals surface area contributed by atoms with E-state index in [9.17, 15) is 4.79 Å². The maximum atomic E-state index is 11.2. The van der Waals surface area contributed by atoms with Gasteiger partial charge in [0.2, 0.25) is 5.91 Å². The standard InChI is InChI=1S/C15H19ClN4O/c1-8(14-9(2)19-20(4)10(14)3)18-11-5-6-12(15(17)21)13(16)7-11/h5-8,18H,1-4H3,(H2,17,21). The average Bonchev–Trinajstić information content (AvgIpc) is 2.62. The molecular formula is C15H19ClN4O. The highest BCUT2D eigenvalue weighted by molar-refractivity contribution is 6.34. The topological polar surface area (TPSA) is 72.9 Å². The van der Waals surface area contributed by atoms with Crippen molar-refractivity contribution in [3.05, 3.63) is 45.7 Å². The van der Waals surface area contributed by atoms with Crippen molar-refractivity contribution in [2.45, 2.75) is 26.8 Å². The molecule has 5 nitrogen and oxygen atoms in total. The van der Waals surface area contributed by atoms with Gasteiger partial charge in [0.1, 0.15) is 0 Å². The van der Waals surface area contributed by atoms with Crippen LogP contribution in [0.4, 0.5) is 5.69 Å². The molecule has 2 aromatic rings. The quantitative estimate of drug-likeness (QED) is 0.912. The van der Waals surface area contributed by atoms with Gasteiger partial charge in [-0.05, 0) is 39.0 Å². The molecule has 0 spiro atoms. The maximum Gasteiger partial charge on any atom is 0.250 e. The lowest BCUT2D eigenvalue weighted by Gasteiger charge is -2.17. The van der Waals surface area contributed by atoms with Gasteiger partial charge in [-0.2, -0.15) is 5.10 Å². The van der Waals surface area contributed by atoms with Crippen molar-refractivity contribution in [2.24, 2.45) is 12.8 Å². The lowest BCUT2D eigenvalue weighted by Crippen LogP contribution is -2.12. The monoisotopic (exact) mass is 306 g/mol. The minimum Gasteiger partial charge on any atom is -0.378 e. The molecule has 0 aliphatic carbocycles. The Bertz CT molecular complexity index is 693. The zero-order valence-corrected chi connectivity index (χ0v) is 13.3. The number of anilines is 1. The molecule has 3 N–H and O–H groups in total. The lowest BCUT2D eigenvalue weighted by molar-refractivity contribution is 0.100. The Labute approximate surface area is 129 Å². The molecule has 1 atom stereocenters. The highest BCUT2D eigenvalue weighted by atomic mass is 35.5. The van der Waals surface area contributed by atoms with Gasteiger partial charge in [0.25, 0.3) is 0 Å². The van der Waals surface area contributed by atoms with Gasteiger partial charge in [-0.1, -0.05) is 11.6 Å². The van der Waals surface area contributed by atoms with Crippen LogP contribution in [0.15, 0.2) is 18.2 Å². The van der Waals surface area contributed by atoms with E-state index < -0.39 is 5.91 Å². The molecule has 1 aromatic carbocycles. The first-order valence-electron chi connectivity index (χ1n) is 6.67. The SMILES string of the molecule is Cc1nn(C)c(C)c1C(C)Nc1ccc(C(N)=O)c(Cl)c1. The van der Waals surface area contributed by atoms with Gasteiger partial charge in [0.15, 0.2) is 0 Å².